The third-order valence-corrected chi connectivity index (χ3v) is 5.01. The van der Waals surface area contributed by atoms with Gasteiger partial charge in [-0.1, -0.05) is 6.07 Å². The van der Waals surface area contributed by atoms with Crippen molar-refractivity contribution in [3.8, 4) is 0 Å². The number of aliphatic imine (C=N–C) groups is 1. The molecule has 0 amide bonds. The Kier molecular flexibility index (Phi) is 4.16. The smallest absolute Gasteiger partial charge is 0.191 e. The number of likely N-dealkylation sites (N-methyl/N-ethyl adjacent to an activating group) is 1. The van der Waals surface area contributed by atoms with Gasteiger partial charge in [-0.2, -0.15) is 0 Å². The highest BCUT2D eigenvalue weighted by Gasteiger charge is 2.28. The minimum absolute atomic E-state index is 0.173. The predicted molar refractivity (Wildman–Crippen MR) is 100 cm³/mol. The van der Waals surface area contributed by atoms with Crippen molar-refractivity contribution in [2.24, 2.45) is 10.9 Å². The van der Waals surface area contributed by atoms with Crippen LogP contribution < -0.4 is 4.90 Å². The lowest BCUT2D eigenvalue weighted by atomic mass is 9.92. The van der Waals surface area contributed by atoms with Gasteiger partial charge in [-0.15, -0.1) is 5.10 Å². The van der Waals surface area contributed by atoms with Gasteiger partial charge in [-0.05, 0) is 38.3 Å². The SMILES string of the molecule is CC1C(=O)C=CC(=Nc2c(N3CCN(C)CC3)nn3ccccc23)C1=O. The molecule has 2 aromatic rings. The molecule has 0 saturated carbocycles. The number of nitrogens with zero attached hydrogens (tertiary/aromatic N) is 5. The van der Waals surface area contributed by atoms with Crippen LogP contribution in [-0.2, 0) is 9.59 Å². The molecule has 1 saturated heterocycles. The Bertz CT molecular complexity index is 935. The molecule has 0 aromatic carbocycles. The third kappa shape index (κ3) is 2.84. The highest BCUT2D eigenvalue weighted by Crippen LogP contribution is 2.33. The summed E-state index contributed by atoms with van der Waals surface area (Å²) < 4.78 is 1.79. The number of fused-ring (bicyclic) bond motifs is 1. The van der Waals surface area contributed by atoms with E-state index in [0.717, 1.165) is 37.5 Å². The van der Waals surface area contributed by atoms with Crippen molar-refractivity contribution < 1.29 is 9.59 Å². The summed E-state index contributed by atoms with van der Waals surface area (Å²) in [5.41, 5.74) is 1.84. The average molecular weight is 351 g/mol. The van der Waals surface area contributed by atoms with Gasteiger partial charge >= 0.3 is 0 Å². The Balaban J connectivity index is 1.82. The molecule has 1 unspecified atom stereocenters. The van der Waals surface area contributed by atoms with Crippen LogP contribution in [0.2, 0.25) is 0 Å². The number of carbonyl (C=O) groups is 2. The number of hydrogen-bond donors (Lipinski definition) is 0. The van der Waals surface area contributed by atoms with Crippen molar-refractivity contribution in [1.82, 2.24) is 14.5 Å². The van der Waals surface area contributed by atoms with Gasteiger partial charge < -0.3 is 9.80 Å². The summed E-state index contributed by atoms with van der Waals surface area (Å²) in [6, 6.07) is 5.79. The molecule has 1 aliphatic carbocycles. The molecule has 0 N–H and O–H groups in total. The predicted octanol–water partition coefficient (Wildman–Crippen LogP) is 1.50. The molecule has 0 bridgehead atoms. The number of anilines is 1. The maximum absolute atomic E-state index is 12.5. The largest absolute Gasteiger partial charge is 0.351 e. The Hall–Kier alpha value is -2.80. The summed E-state index contributed by atoms with van der Waals surface area (Å²) in [5, 5.41) is 4.70. The lowest BCUT2D eigenvalue weighted by molar-refractivity contribution is -0.126. The van der Waals surface area contributed by atoms with E-state index in [4.69, 9.17) is 5.10 Å². The summed E-state index contributed by atoms with van der Waals surface area (Å²) in [4.78, 5) is 33.3. The minimum atomic E-state index is -0.673. The van der Waals surface area contributed by atoms with Gasteiger partial charge in [-0.3, -0.25) is 9.59 Å². The number of piperazine rings is 1. The summed E-state index contributed by atoms with van der Waals surface area (Å²) in [6.07, 6.45) is 4.83. The molecule has 2 aromatic heterocycles. The van der Waals surface area contributed by atoms with Crippen molar-refractivity contribution in [3.63, 3.8) is 0 Å². The third-order valence-electron chi connectivity index (χ3n) is 5.01. The fourth-order valence-electron chi connectivity index (χ4n) is 3.26. The second-order valence-corrected chi connectivity index (χ2v) is 6.81. The molecule has 1 aliphatic heterocycles. The maximum atomic E-state index is 12.5. The van der Waals surface area contributed by atoms with Gasteiger partial charge in [0.25, 0.3) is 0 Å². The Morgan fingerprint density at radius 2 is 1.88 bits per heavy atom. The molecular formula is C19H21N5O2. The van der Waals surface area contributed by atoms with Gasteiger partial charge in [0.2, 0.25) is 0 Å². The first-order valence-electron chi connectivity index (χ1n) is 8.80. The summed E-state index contributed by atoms with van der Waals surface area (Å²) >= 11 is 0. The fraction of sp³-hybridized carbons (Fsp3) is 0.368. The van der Waals surface area contributed by atoms with E-state index in [1.807, 2.05) is 24.4 Å². The van der Waals surface area contributed by atoms with Gasteiger partial charge in [-0.25, -0.2) is 9.51 Å². The van der Waals surface area contributed by atoms with Crippen LogP contribution in [0.1, 0.15) is 6.92 Å². The highest BCUT2D eigenvalue weighted by molar-refractivity contribution is 6.50. The first kappa shape index (κ1) is 16.7. The molecule has 0 radical (unpaired) electrons. The molecule has 1 fully saturated rings. The number of carbonyl (C=O) groups excluding carboxylic acids is 2. The second kappa shape index (κ2) is 6.49. The summed E-state index contributed by atoms with van der Waals surface area (Å²) in [7, 11) is 2.10. The first-order valence-corrected chi connectivity index (χ1v) is 8.80. The zero-order valence-corrected chi connectivity index (χ0v) is 14.9. The maximum Gasteiger partial charge on any atom is 0.191 e. The molecule has 3 heterocycles. The van der Waals surface area contributed by atoms with Crippen LogP contribution in [0.3, 0.4) is 0 Å². The molecule has 0 spiro atoms. The van der Waals surface area contributed by atoms with Crippen LogP contribution in [0.25, 0.3) is 5.52 Å². The first-order chi connectivity index (χ1) is 12.5. The zero-order valence-electron chi connectivity index (χ0n) is 14.9. The Morgan fingerprint density at radius 3 is 2.65 bits per heavy atom. The van der Waals surface area contributed by atoms with Crippen LogP contribution in [0, 0.1) is 5.92 Å². The van der Waals surface area contributed by atoms with E-state index in [-0.39, 0.29) is 11.6 Å². The number of Topliss-reactive ketones (excluding diaryl/α,β-unsaturated/α-hetero) is 1. The monoisotopic (exact) mass is 351 g/mol. The van der Waals surface area contributed by atoms with E-state index in [2.05, 4.69) is 21.8 Å². The van der Waals surface area contributed by atoms with E-state index in [1.54, 1.807) is 11.4 Å². The Morgan fingerprint density at radius 1 is 1.12 bits per heavy atom. The number of hydrogen-bond acceptors (Lipinski definition) is 6. The molecule has 134 valence electrons. The van der Waals surface area contributed by atoms with E-state index in [0.29, 0.717) is 11.4 Å². The quantitative estimate of drug-likeness (QED) is 0.767. The van der Waals surface area contributed by atoms with E-state index in [9.17, 15) is 9.59 Å². The van der Waals surface area contributed by atoms with Crippen molar-refractivity contribution in [2.75, 3.05) is 38.1 Å². The van der Waals surface area contributed by atoms with Gasteiger partial charge in [0.1, 0.15) is 11.4 Å². The number of rotatable bonds is 2. The Labute approximate surface area is 151 Å². The molecule has 7 nitrogen and oxygen atoms in total. The number of ketones is 2. The van der Waals surface area contributed by atoms with Gasteiger partial charge in [0.05, 0.1) is 11.4 Å². The molecule has 7 heteroatoms. The average Bonchev–Trinajstić information content (AvgIpc) is 3.01. The van der Waals surface area contributed by atoms with Crippen molar-refractivity contribution >= 4 is 34.3 Å². The van der Waals surface area contributed by atoms with Crippen molar-refractivity contribution in [3.05, 3.63) is 36.5 Å². The van der Waals surface area contributed by atoms with E-state index < -0.39 is 5.92 Å². The molecule has 1 atom stereocenters. The summed E-state index contributed by atoms with van der Waals surface area (Å²) in [5.74, 6) is -0.305. The lowest BCUT2D eigenvalue weighted by Crippen LogP contribution is -2.44. The standard InChI is InChI=1S/C19H21N5O2/c1-13-16(25)7-6-14(18(13)26)20-17-15-5-3-4-8-24(15)21-19(17)23-11-9-22(2)10-12-23/h3-8,13H,9-12H2,1-2H3. The molecule has 4 rings (SSSR count). The number of pyridine rings is 1. The normalized spacial score (nSPS) is 23.4. The van der Waals surface area contributed by atoms with Gasteiger partial charge in [0, 0.05) is 32.4 Å². The minimum Gasteiger partial charge on any atom is -0.351 e. The van der Waals surface area contributed by atoms with Crippen LogP contribution >= 0.6 is 0 Å². The molecule has 2 aliphatic rings. The fourth-order valence-corrected chi connectivity index (χ4v) is 3.26. The molecule has 26 heavy (non-hydrogen) atoms. The molecular weight excluding hydrogens is 330 g/mol. The topological polar surface area (TPSA) is 70.3 Å². The lowest BCUT2D eigenvalue weighted by Gasteiger charge is -2.32. The van der Waals surface area contributed by atoms with Crippen LogP contribution in [0.15, 0.2) is 41.5 Å². The highest BCUT2D eigenvalue weighted by atomic mass is 16.2. The number of aromatic nitrogens is 2. The van der Waals surface area contributed by atoms with E-state index in [1.165, 1.54) is 12.2 Å². The van der Waals surface area contributed by atoms with Crippen molar-refractivity contribution in [2.45, 2.75) is 6.92 Å². The van der Waals surface area contributed by atoms with Crippen LogP contribution in [0.4, 0.5) is 11.5 Å². The van der Waals surface area contributed by atoms with Crippen LogP contribution in [0.5, 0.6) is 0 Å². The second-order valence-electron chi connectivity index (χ2n) is 6.81. The zero-order chi connectivity index (χ0) is 18.3. The van der Waals surface area contributed by atoms with E-state index >= 15 is 0 Å². The van der Waals surface area contributed by atoms with Gasteiger partial charge in [0.15, 0.2) is 17.4 Å². The summed E-state index contributed by atoms with van der Waals surface area (Å²) in [6.45, 7) is 5.25. The van der Waals surface area contributed by atoms with Crippen molar-refractivity contribution in [1.29, 1.82) is 0 Å². The number of allylic oxidation sites excluding steroid dienone is 2. The van der Waals surface area contributed by atoms with Crippen LogP contribution in [-0.4, -0.2) is 65.0 Å².